The lowest BCUT2D eigenvalue weighted by atomic mass is 9.86. The average Bonchev–Trinajstić information content (AvgIpc) is 3.08. The van der Waals surface area contributed by atoms with E-state index in [-0.39, 0.29) is 12.1 Å². The molecule has 4 atom stereocenters. The van der Waals surface area contributed by atoms with Gasteiger partial charge in [-0.05, 0) is 56.0 Å². The molecule has 1 aromatic carbocycles. The van der Waals surface area contributed by atoms with Crippen molar-refractivity contribution in [3.63, 3.8) is 0 Å². The van der Waals surface area contributed by atoms with Gasteiger partial charge in [-0.1, -0.05) is 36.8 Å². The molecule has 4 unspecified atom stereocenters. The lowest BCUT2D eigenvalue weighted by Gasteiger charge is -2.33. The van der Waals surface area contributed by atoms with Crippen LogP contribution in [-0.4, -0.2) is 18.3 Å². The van der Waals surface area contributed by atoms with Crippen LogP contribution >= 0.6 is 0 Å². The lowest BCUT2D eigenvalue weighted by molar-refractivity contribution is 0.161. The fourth-order valence-corrected chi connectivity index (χ4v) is 4.04. The maximum atomic E-state index is 9.78. The van der Waals surface area contributed by atoms with Crippen LogP contribution in [0.25, 0.3) is 0 Å². The summed E-state index contributed by atoms with van der Waals surface area (Å²) in [6.07, 6.45) is 5.73. The summed E-state index contributed by atoms with van der Waals surface area (Å²) < 4.78 is 0. The highest BCUT2D eigenvalue weighted by Gasteiger charge is 2.40. The third-order valence-electron chi connectivity index (χ3n) is 5.37. The monoisotopic (exact) mass is 259 g/mol. The van der Waals surface area contributed by atoms with Crippen molar-refractivity contribution in [2.45, 2.75) is 38.1 Å². The van der Waals surface area contributed by atoms with Gasteiger partial charge in [0, 0.05) is 0 Å². The van der Waals surface area contributed by atoms with Gasteiger partial charge in [0.25, 0.3) is 0 Å². The summed E-state index contributed by atoms with van der Waals surface area (Å²) in [4.78, 5) is 0. The van der Waals surface area contributed by atoms with Crippen LogP contribution in [0.1, 0.15) is 38.2 Å². The zero-order valence-corrected chi connectivity index (χ0v) is 11.8. The molecule has 2 aliphatic carbocycles. The number of aliphatic hydroxyl groups is 1. The van der Waals surface area contributed by atoms with Crippen molar-refractivity contribution in [2.75, 3.05) is 13.2 Å². The molecule has 19 heavy (non-hydrogen) atoms. The number of aliphatic hydroxyl groups excluding tert-OH is 1. The fraction of sp³-hybridized carbons (Fsp3) is 0.647. The minimum atomic E-state index is -0.302. The zero-order valence-electron chi connectivity index (χ0n) is 11.8. The molecular formula is C17H25NO. The molecule has 0 spiro atoms. The van der Waals surface area contributed by atoms with Gasteiger partial charge in [0.2, 0.25) is 0 Å². The molecule has 0 aliphatic heterocycles. The van der Waals surface area contributed by atoms with E-state index in [0.717, 1.165) is 24.3 Å². The molecule has 2 heteroatoms. The molecule has 0 aromatic heterocycles. The van der Waals surface area contributed by atoms with Crippen LogP contribution in [0, 0.1) is 17.8 Å². The van der Waals surface area contributed by atoms with Crippen LogP contribution in [0.15, 0.2) is 30.3 Å². The number of benzene rings is 1. The smallest absolute Gasteiger partial charge is 0.0652 e. The van der Waals surface area contributed by atoms with E-state index in [4.69, 9.17) is 0 Å². The molecule has 0 radical (unpaired) electrons. The van der Waals surface area contributed by atoms with Crippen LogP contribution in [0.5, 0.6) is 0 Å². The van der Waals surface area contributed by atoms with Gasteiger partial charge in [-0.15, -0.1) is 0 Å². The summed E-state index contributed by atoms with van der Waals surface area (Å²) in [5, 5.41) is 13.4. The number of hydrogen-bond acceptors (Lipinski definition) is 2. The second kappa shape index (κ2) is 5.26. The Balaban J connectivity index is 1.64. The van der Waals surface area contributed by atoms with Gasteiger partial charge in [-0.25, -0.2) is 0 Å². The largest absolute Gasteiger partial charge is 0.394 e. The Kier molecular flexibility index (Phi) is 3.64. The third kappa shape index (κ3) is 2.56. The molecule has 3 rings (SSSR count). The summed E-state index contributed by atoms with van der Waals surface area (Å²) >= 11 is 0. The highest BCUT2D eigenvalue weighted by atomic mass is 16.3. The SMILES string of the molecule is CC(CO)(NCC1CC2CCC1C2)c1ccccc1. The van der Waals surface area contributed by atoms with Crippen molar-refractivity contribution in [3.8, 4) is 0 Å². The molecule has 0 heterocycles. The Morgan fingerprint density at radius 2 is 2.00 bits per heavy atom. The van der Waals surface area contributed by atoms with Crippen LogP contribution in [0.3, 0.4) is 0 Å². The van der Waals surface area contributed by atoms with Gasteiger partial charge in [0.1, 0.15) is 0 Å². The minimum Gasteiger partial charge on any atom is -0.394 e. The van der Waals surface area contributed by atoms with Gasteiger partial charge in [0.15, 0.2) is 0 Å². The van der Waals surface area contributed by atoms with E-state index >= 15 is 0 Å². The molecular weight excluding hydrogens is 234 g/mol. The van der Waals surface area contributed by atoms with Crippen molar-refractivity contribution < 1.29 is 5.11 Å². The maximum Gasteiger partial charge on any atom is 0.0652 e. The van der Waals surface area contributed by atoms with Crippen LogP contribution in [0.2, 0.25) is 0 Å². The normalized spacial score (nSPS) is 32.4. The predicted molar refractivity (Wildman–Crippen MR) is 77.8 cm³/mol. The summed E-state index contributed by atoms with van der Waals surface area (Å²) in [6.45, 7) is 3.31. The maximum absolute atomic E-state index is 9.78. The second-order valence-corrected chi connectivity index (χ2v) is 6.67. The highest BCUT2D eigenvalue weighted by Crippen LogP contribution is 2.48. The molecule has 2 saturated carbocycles. The minimum absolute atomic E-state index is 0.151. The van der Waals surface area contributed by atoms with Crippen LogP contribution < -0.4 is 5.32 Å². The van der Waals surface area contributed by atoms with Crippen LogP contribution in [0.4, 0.5) is 0 Å². The first-order valence-electron chi connectivity index (χ1n) is 7.63. The summed E-state index contributed by atoms with van der Waals surface area (Å²) in [7, 11) is 0. The van der Waals surface area contributed by atoms with Gasteiger partial charge >= 0.3 is 0 Å². The quantitative estimate of drug-likeness (QED) is 0.852. The van der Waals surface area contributed by atoms with Gasteiger partial charge < -0.3 is 10.4 Å². The summed E-state index contributed by atoms with van der Waals surface area (Å²) in [5.41, 5.74) is 0.879. The Labute approximate surface area is 116 Å². The number of fused-ring (bicyclic) bond motifs is 2. The van der Waals surface area contributed by atoms with Gasteiger partial charge in [0.05, 0.1) is 12.1 Å². The zero-order chi connectivity index (χ0) is 13.3. The van der Waals surface area contributed by atoms with Crippen molar-refractivity contribution >= 4 is 0 Å². The summed E-state index contributed by atoms with van der Waals surface area (Å²) in [5.74, 6) is 2.76. The highest BCUT2D eigenvalue weighted by molar-refractivity contribution is 5.23. The van der Waals surface area contributed by atoms with Crippen molar-refractivity contribution in [1.82, 2.24) is 5.32 Å². The Morgan fingerprint density at radius 1 is 1.21 bits per heavy atom. The standard InChI is InChI=1S/C17H25NO/c1-17(12-19,16-5-3-2-4-6-16)18-11-15-10-13-7-8-14(15)9-13/h2-6,13-15,18-19H,7-12H2,1H3. The van der Waals surface area contributed by atoms with Gasteiger partial charge in [-0.2, -0.15) is 0 Å². The first-order valence-corrected chi connectivity index (χ1v) is 7.63. The number of nitrogens with one attached hydrogen (secondary N) is 1. The molecule has 0 amide bonds. The average molecular weight is 259 g/mol. The Bertz CT molecular complexity index is 419. The van der Waals surface area contributed by atoms with Crippen molar-refractivity contribution in [1.29, 1.82) is 0 Å². The van der Waals surface area contributed by atoms with E-state index in [1.807, 2.05) is 18.2 Å². The molecule has 2 N–H and O–H groups in total. The lowest BCUT2D eigenvalue weighted by Crippen LogP contribution is -2.45. The van der Waals surface area contributed by atoms with E-state index in [1.54, 1.807) is 0 Å². The molecule has 2 fully saturated rings. The van der Waals surface area contributed by atoms with E-state index in [1.165, 1.54) is 31.2 Å². The Hall–Kier alpha value is -0.860. The molecule has 1 aromatic rings. The second-order valence-electron chi connectivity index (χ2n) is 6.67. The molecule has 2 nitrogen and oxygen atoms in total. The third-order valence-corrected chi connectivity index (χ3v) is 5.37. The Morgan fingerprint density at radius 3 is 2.58 bits per heavy atom. The van der Waals surface area contributed by atoms with Gasteiger partial charge in [-0.3, -0.25) is 0 Å². The molecule has 2 aliphatic rings. The summed E-state index contributed by atoms with van der Waals surface area (Å²) in [6, 6.07) is 10.3. The first-order chi connectivity index (χ1) is 9.21. The predicted octanol–water partition coefficient (Wildman–Crippen LogP) is 2.92. The number of hydrogen-bond donors (Lipinski definition) is 2. The van der Waals surface area contributed by atoms with E-state index in [9.17, 15) is 5.11 Å². The van der Waals surface area contributed by atoms with Crippen LogP contribution in [-0.2, 0) is 5.54 Å². The van der Waals surface area contributed by atoms with E-state index < -0.39 is 0 Å². The van der Waals surface area contributed by atoms with E-state index in [0.29, 0.717) is 0 Å². The van der Waals surface area contributed by atoms with Crippen molar-refractivity contribution in [3.05, 3.63) is 35.9 Å². The number of rotatable bonds is 5. The fourth-order valence-electron chi connectivity index (χ4n) is 4.04. The molecule has 0 saturated heterocycles. The first kappa shape index (κ1) is 13.1. The topological polar surface area (TPSA) is 32.3 Å². The molecule has 2 bridgehead atoms. The molecule has 104 valence electrons. The van der Waals surface area contributed by atoms with Crippen molar-refractivity contribution in [2.24, 2.45) is 17.8 Å². The van der Waals surface area contributed by atoms with E-state index in [2.05, 4.69) is 24.4 Å².